The molecular formula is C15H18N2O2. The van der Waals surface area contributed by atoms with E-state index in [0.29, 0.717) is 13.0 Å². The Labute approximate surface area is 112 Å². The zero-order valence-electron chi connectivity index (χ0n) is 11.2. The first kappa shape index (κ1) is 13.5. The summed E-state index contributed by atoms with van der Waals surface area (Å²) in [4.78, 5) is 16.0. The number of carbonyl (C=O) groups is 1. The number of ether oxygens (including phenoxy) is 1. The standard InChI is InChI=1S/C15H18N2O2/c1-3-19-14(18)15(2,16)10-11-6-7-13-12(9-11)5-4-8-17-13/h4-9H,3,10,16H2,1-2H3/t15-/m0/s1. The summed E-state index contributed by atoms with van der Waals surface area (Å²) in [6.45, 7) is 3.81. The van der Waals surface area contributed by atoms with Crippen LogP contribution in [0, 0.1) is 0 Å². The Morgan fingerprint density at radius 1 is 1.42 bits per heavy atom. The molecule has 0 spiro atoms. The van der Waals surface area contributed by atoms with Crippen molar-refractivity contribution in [1.82, 2.24) is 4.98 Å². The molecule has 0 amide bonds. The number of nitrogens with two attached hydrogens (primary N) is 1. The second-order valence-electron chi connectivity index (χ2n) is 4.85. The average Bonchev–Trinajstić information content (AvgIpc) is 2.38. The zero-order chi connectivity index (χ0) is 13.9. The van der Waals surface area contributed by atoms with Crippen LogP contribution in [-0.4, -0.2) is 23.1 Å². The Morgan fingerprint density at radius 2 is 2.21 bits per heavy atom. The van der Waals surface area contributed by atoms with Gasteiger partial charge in [-0.1, -0.05) is 12.1 Å². The molecule has 0 saturated carbocycles. The van der Waals surface area contributed by atoms with E-state index in [9.17, 15) is 4.79 Å². The van der Waals surface area contributed by atoms with E-state index >= 15 is 0 Å². The van der Waals surface area contributed by atoms with Crippen molar-refractivity contribution in [2.75, 3.05) is 6.61 Å². The molecule has 0 aliphatic heterocycles. The summed E-state index contributed by atoms with van der Waals surface area (Å²) in [5.41, 5.74) is 6.95. The maximum Gasteiger partial charge on any atom is 0.326 e. The number of carbonyl (C=O) groups excluding carboxylic acids is 1. The van der Waals surface area contributed by atoms with Crippen molar-refractivity contribution in [3.63, 3.8) is 0 Å². The van der Waals surface area contributed by atoms with E-state index in [1.807, 2.05) is 30.3 Å². The molecule has 1 heterocycles. The SMILES string of the molecule is CCOC(=O)[C@@](C)(N)Cc1ccc2ncccc2c1. The first-order valence-corrected chi connectivity index (χ1v) is 6.32. The molecule has 19 heavy (non-hydrogen) atoms. The highest BCUT2D eigenvalue weighted by molar-refractivity contribution is 5.82. The topological polar surface area (TPSA) is 65.2 Å². The van der Waals surface area contributed by atoms with Gasteiger partial charge in [0.2, 0.25) is 0 Å². The van der Waals surface area contributed by atoms with E-state index in [0.717, 1.165) is 16.5 Å². The van der Waals surface area contributed by atoms with Gasteiger partial charge in [0.1, 0.15) is 5.54 Å². The van der Waals surface area contributed by atoms with E-state index in [4.69, 9.17) is 10.5 Å². The third kappa shape index (κ3) is 3.09. The minimum Gasteiger partial charge on any atom is -0.465 e. The lowest BCUT2D eigenvalue weighted by Gasteiger charge is -2.22. The normalized spacial score (nSPS) is 14.1. The van der Waals surface area contributed by atoms with Gasteiger partial charge >= 0.3 is 5.97 Å². The average molecular weight is 258 g/mol. The Balaban J connectivity index is 2.23. The number of fused-ring (bicyclic) bond motifs is 1. The highest BCUT2D eigenvalue weighted by atomic mass is 16.5. The predicted octanol–water partition coefficient (Wildman–Crippen LogP) is 2.06. The zero-order valence-corrected chi connectivity index (χ0v) is 11.2. The van der Waals surface area contributed by atoms with Crippen LogP contribution in [-0.2, 0) is 16.0 Å². The van der Waals surface area contributed by atoms with E-state index in [-0.39, 0.29) is 5.97 Å². The van der Waals surface area contributed by atoms with Crippen LogP contribution < -0.4 is 5.73 Å². The molecule has 4 nitrogen and oxygen atoms in total. The molecule has 0 bridgehead atoms. The van der Waals surface area contributed by atoms with Gasteiger partial charge in [-0.15, -0.1) is 0 Å². The number of pyridine rings is 1. The van der Waals surface area contributed by atoms with Crippen molar-refractivity contribution < 1.29 is 9.53 Å². The molecule has 0 radical (unpaired) electrons. The van der Waals surface area contributed by atoms with E-state index in [1.165, 1.54) is 0 Å². The number of hydrogen-bond donors (Lipinski definition) is 1. The quantitative estimate of drug-likeness (QED) is 0.852. The minimum absolute atomic E-state index is 0.341. The van der Waals surface area contributed by atoms with Gasteiger partial charge in [0, 0.05) is 18.0 Å². The lowest BCUT2D eigenvalue weighted by molar-refractivity contribution is -0.148. The van der Waals surface area contributed by atoms with Crippen molar-refractivity contribution in [2.24, 2.45) is 5.73 Å². The van der Waals surface area contributed by atoms with E-state index in [1.54, 1.807) is 20.0 Å². The van der Waals surface area contributed by atoms with Gasteiger partial charge in [-0.2, -0.15) is 0 Å². The van der Waals surface area contributed by atoms with Crippen molar-refractivity contribution >= 4 is 16.9 Å². The molecule has 0 aliphatic rings. The molecule has 0 aliphatic carbocycles. The third-order valence-corrected chi connectivity index (χ3v) is 2.98. The van der Waals surface area contributed by atoms with Gasteiger partial charge in [0.15, 0.2) is 0 Å². The fourth-order valence-corrected chi connectivity index (χ4v) is 2.03. The van der Waals surface area contributed by atoms with Crippen molar-refractivity contribution in [3.05, 3.63) is 42.1 Å². The molecule has 1 atom stereocenters. The summed E-state index contributed by atoms with van der Waals surface area (Å²) in [5, 5.41) is 1.04. The van der Waals surface area contributed by atoms with Gasteiger partial charge in [-0.05, 0) is 37.6 Å². The van der Waals surface area contributed by atoms with E-state index in [2.05, 4.69) is 4.98 Å². The van der Waals surface area contributed by atoms with Crippen molar-refractivity contribution in [1.29, 1.82) is 0 Å². The Kier molecular flexibility index (Phi) is 3.81. The van der Waals surface area contributed by atoms with Crippen molar-refractivity contribution in [2.45, 2.75) is 25.8 Å². The Bertz CT molecular complexity index is 593. The summed E-state index contributed by atoms with van der Waals surface area (Å²) in [6, 6.07) is 9.77. The fraction of sp³-hybridized carbons (Fsp3) is 0.333. The molecule has 2 rings (SSSR count). The minimum atomic E-state index is -1.01. The number of benzene rings is 1. The number of aromatic nitrogens is 1. The lowest BCUT2D eigenvalue weighted by Crippen LogP contribution is -2.48. The van der Waals surface area contributed by atoms with Crippen LogP contribution in [0.2, 0.25) is 0 Å². The highest BCUT2D eigenvalue weighted by Gasteiger charge is 2.30. The Morgan fingerprint density at radius 3 is 2.95 bits per heavy atom. The second-order valence-corrected chi connectivity index (χ2v) is 4.85. The Hall–Kier alpha value is -1.94. The molecule has 2 N–H and O–H groups in total. The molecule has 0 unspecified atom stereocenters. The second kappa shape index (κ2) is 5.36. The van der Waals surface area contributed by atoms with Crippen LogP contribution in [0.3, 0.4) is 0 Å². The number of esters is 1. The summed E-state index contributed by atoms with van der Waals surface area (Å²) >= 11 is 0. The lowest BCUT2D eigenvalue weighted by atomic mass is 9.93. The molecule has 1 aromatic heterocycles. The fourth-order valence-electron chi connectivity index (χ4n) is 2.03. The van der Waals surface area contributed by atoms with Crippen LogP contribution in [0.15, 0.2) is 36.5 Å². The summed E-state index contributed by atoms with van der Waals surface area (Å²) in [6.07, 6.45) is 2.20. The largest absolute Gasteiger partial charge is 0.465 e. The monoisotopic (exact) mass is 258 g/mol. The van der Waals surface area contributed by atoms with Gasteiger partial charge in [0.05, 0.1) is 12.1 Å². The van der Waals surface area contributed by atoms with Gasteiger partial charge in [-0.25, -0.2) is 0 Å². The molecule has 0 saturated heterocycles. The highest BCUT2D eigenvalue weighted by Crippen LogP contribution is 2.18. The molecule has 4 heteroatoms. The van der Waals surface area contributed by atoms with Gasteiger partial charge in [0.25, 0.3) is 0 Å². The maximum atomic E-state index is 11.8. The molecule has 0 fully saturated rings. The first-order valence-electron chi connectivity index (χ1n) is 6.32. The summed E-state index contributed by atoms with van der Waals surface area (Å²) in [7, 11) is 0. The van der Waals surface area contributed by atoms with Crippen LogP contribution >= 0.6 is 0 Å². The maximum absolute atomic E-state index is 11.8. The molecular weight excluding hydrogens is 240 g/mol. The molecule has 100 valence electrons. The van der Waals surface area contributed by atoms with Crippen LogP contribution in [0.4, 0.5) is 0 Å². The van der Waals surface area contributed by atoms with Crippen LogP contribution in [0.5, 0.6) is 0 Å². The number of rotatable bonds is 4. The number of nitrogens with zero attached hydrogens (tertiary/aromatic N) is 1. The van der Waals surface area contributed by atoms with Gasteiger partial charge in [-0.3, -0.25) is 9.78 Å². The molecule has 1 aromatic carbocycles. The summed E-state index contributed by atoms with van der Waals surface area (Å²) in [5.74, 6) is -0.374. The first-order chi connectivity index (χ1) is 9.03. The molecule has 2 aromatic rings. The van der Waals surface area contributed by atoms with Crippen molar-refractivity contribution in [3.8, 4) is 0 Å². The smallest absolute Gasteiger partial charge is 0.326 e. The third-order valence-electron chi connectivity index (χ3n) is 2.98. The van der Waals surface area contributed by atoms with Crippen LogP contribution in [0.1, 0.15) is 19.4 Å². The van der Waals surface area contributed by atoms with Gasteiger partial charge < -0.3 is 10.5 Å². The summed E-state index contributed by atoms with van der Waals surface area (Å²) < 4.78 is 4.99. The predicted molar refractivity (Wildman–Crippen MR) is 74.7 cm³/mol. The van der Waals surface area contributed by atoms with E-state index < -0.39 is 5.54 Å². The van der Waals surface area contributed by atoms with Crippen LogP contribution in [0.25, 0.3) is 10.9 Å². The number of hydrogen-bond acceptors (Lipinski definition) is 4.